The lowest BCUT2D eigenvalue weighted by molar-refractivity contribution is -0.172. The first-order valence-corrected chi connectivity index (χ1v) is 24.3. The summed E-state index contributed by atoms with van der Waals surface area (Å²) in [5.41, 5.74) is 6.42. The first-order chi connectivity index (χ1) is 35.9. The third kappa shape index (κ3) is 12.4. The SMILES string of the molecule is CCC(C(=O)NCCON=Cc1c2c(nc3ccccc13)-c1cc3c(c(=O)n1C2)COC(=O)[C@]3(O)CC)C1NC(=O)C(CCCNC(=N)N)NC(=O)CNC(=O)C(CC(=O)O)NC(=O)C(Cc2ccccc2)NC1=O. The summed E-state index contributed by atoms with van der Waals surface area (Å²) in [5, 5.41) is 51.0. The molecule has 0 saturated carbocycles. The van der Waals surface area contributed by atoms with Crippen molar-refractivity contribution < 1.29 is 58.1 Å². The number of aromatic nitrogens is 2. The Kier molecular flexibility index (Phi) is 17.2. The molecule has 25 nitrogen and oxygen atoms in total. The second-order valence-electron chi connectivity index (χ2n) is 18.1. The molecule has 7 rings (SSSR count). The summed E-state index contributed by atoms with van der Waals surface area (Å²) in [6, 6.07) is 11.0. The summed E-state index contributed by atoms with van der Waals surface area (Å²) >= 11 is 0. The molecule has 396 valence electrons. The summed E-state index contributed by atoms with van der Waals surface area (Å²) in [4.78, 5) is 132. The topological polar surface area (TPSA) is 377 Å². The lowest BCUT2D eigenvalue weighted by atomic mass is 9.86. The summed E-state index contributed by atoms with van der Waals surface area (Å²) in [6.45, 7) is 2.01. The Balaban J connectivity index is 1.11. The Labute approximate surface area is 428 Å². The van der Waals surface area contributed by atoms with Crippen LogP contribution in [0.3, 0.4) is 0 Å². The van der Waals surface area contributed by atoms with Crippen molar-refractivity contribution in [1.29, 1.82) is 5.41 Å². The predicted molar refractivity (Wildman–Crippen MR) is 267 cm³/mol. The highest BCUT2D eigenvalue weighted by atomic mass is 16.6. The number of hydrogen-bond acceptors (Lipinski definition) is 15. The molecule has 2 aromatic carbocycles. The summed E-state index contributed by atoms with van der Waals surface area (Å²) in [5.74, 6) is -9.46. The Morgan fingerprint density at radius 3 is 2.37 bits per heavy atom. The smallest absolute Gasteiger partial charge is 0.343 e. The number of nitrogens with zero attached hydrogens (tertiary/aromatic N) is 3. The van der Waals surface area contributed by atoms with E-state index in [1.54, 1.807) is 68.4 Å². The minimum atomic E-state index is -2.02. The number of aliphatic carboxylic acids is 1. The molecule has 5 heterocycles. The highest BCUT2D eigenvalue weighted by Crippen LogP contribution is 2.40. The number of ether oxygens (including phenoxy) is 1. The van der Waals surface area contributed by atoms with Crippen molar-refractivity contribution in [3.8, 4) is 11.4 Å². The summed E-state index contributed by atoms with van der Waals surface area (Å²) in [7, 11) is 0. The second kappa shape index (κ2) is 23.9. The van der Waals surface area contributed by atoms with Crippen molar-refractivity contribution >= 4 is 70.5 Å². The molecule has 0 radical (unpaired) electrons. The van der Waals surface area contributed by atoms with Crippen LogP contribution in [0.25, 0.3) is 22.3 Å². The van der Waals surface area contributed by atoms with Gasteiger partial charge in [-0.15, -0.1) is 0 Å². The number of carbonyl (C=O) groups is 8. The predicted octanol–water partition coefficient (Wildman–Crippen LogP) is -1.38. The third-order valence-electron chi connectivity index (χ3n) is 13.1. The van der Waals surface area contributed by atoms with Gasteiger partial charge in [-0.1, -0.05) is 67.5 Å². The minimum Gasteiger partial charge on any atom is -0.481 e. The third-order valence-corrected chi connectivity index (χ3v) is 13.1. The highest BCUT2D eigenvalue weighted by molar-refractivity contribution is 6.03. The number of aliphatic hydroxyl groups is 1. The van der Waals surface area contributed by atoms with Gasteiger partial charge in [-0.3, -0.25) is 43.8 Å². The number of carbonyl (C=O) groups excluding carboxylic acids is 7. The van der Waals surface area contributed by atoms with E-state index in [2.05, 4.69) is 42.4 Å². The number of carboxylic acid groups (broad SMARTS) is 1. The van der Waals surface area contributed by atoms with Gasteiger partial charge in [-0.25, -0.2) is 9.78 Å². The van der Waals surface area contributed by atoms with Crippen LogP contribution in [0.5, 0.6) is 0 Å². The van der Waals surface area contributed by atoms with Crippen LogP contribution < -0.4 is 48.5 Å². The standard InChI is InChI=1S/C50H58N12O13/c1-3-27(42(66)53-17-18-75-56-22-29-28-13-8-9-14-33(28)58-40-30(29)24-62-37(40)20-32-31(47(62)71)25-74-48(72)50(32,73)4-2)41-46(70)60-35(19-26-11-6-5-7-12-26)45(69)59-36(21-39(64)65)43(67)55-23-38(63)57-34(44(68)61-41)15-10-16-54-49(51)52/h5-9,11-14,20,22,27,34-36,41,73H,3-4,10,15-19,21,23-25H2,1-2H3,(H,53,66)(H,55,67)(H,57,63)(H,59,69)(H,60,70)(H,61,68)(H,64,65)(H4,51,52,54)/t27?,34?,35?,36?,41?,50-/m0/s1. The van der Waals surface area contributed by atoms with Crippen molar-refractivity contribution in [1.82, 2.24) is 46.8 Å². The number of rotatable bonds is 17. The number of esters is 1. The van der Waals surface area contributed by atoms with Gasteiger partial charge in [0.2, 0.25) is 35.4 Å². The van der Waals surface area contributed by atoms with E-state index in [1.165, 1.54) is 10.8 Å². The second-order valence-corrected chi connectivity index (χ2v) is 18.1. The molecule has 3 aliphatic rings. The van der Waals surface area contributed by atoms with E-state index in [-0.39, 0.29) is 82.0 Å². The zero-order chi connectivity index (χ0) is 54.0. The molecule has 25 heteroatoms. The number of benzene rings is 2. The van der Waals surface area contributed by atoms with E-state index in [9.17, 15) is 53.4 Å². The van der Waals surface area contributed by atoms with Crippen LogP contribution in [-0.2, 0) is 73.1 Å². The van der Waals surface area contributed by atoms with E-state index >= 15 is 0 Å². The van der Waals surface area contributed by atoms with Crippen LogP contribution in [0.2, 0.25) is 0 Å². The van der Waals surface area contributed by atoms with Gasteiger partial charge in [0.05, 0.1) is 60.7 Å². The maximum Gasteiger partial charge on any atom is 0.343 e. The number of pyridine rings is 2. The van der Waals surface area contributed by atoms with Crippen molar-refractivity contribution in [3.63, 3.8) is 0 Å². The molecule has 2 aromatic heterocycles. The number of nitrogens with two attached hydrogens (primary N) is 1. The van der Waals surface area contributed by atoms with Crippen LogP contribution in [-0.4, -0.2) is 130 Å². The molecule has 6 amide bonds. The van der Waals surface area contributed by atoms with E-state index < -0.39 is 102 Å². The molecule has 12 N–H and O–H groups in total. The van der Waals surface area contributed by atoms with E-state index in [1.807, 2.05) is 6.07 Å². The van der Waals surface area contributed by atoms with Crippen LogP contribution >= 0.6 is 0 Å². The highest BCUT2D eigenvalue weighted by Gasteiger charge is 2.46. The van der Waals surface area contributed by atoms with Crippen molar-refractivity contribution in [2.75, 3.05) is 26.2 Å². The van der Waals surface area contributed by atoms with E-state index in [0.29, 0.717) is 39.0 Å². The number of para-hydroxylation sites is 1. The van der Waals surface area contributed by atoms with Crippen molar-refractivity contribution in [2.45, 2.75) is 95.3 Å². The molecule has 0 aliphatic carbocycles. The molecule has 0 spiro atoms. The summed E-state index contributed by atoms with van der Waals surface area (Å²) < 4.78 is 6.70. The van der Waals surface area contributed by atoms with Gasteiger partial charge in [0.1, 0.15) is 37.4 Å². The number of fused-ring (bicyclic) bond motifs is 5. The minimum absolute atomic E-state index is 0.0245. The fourth-order valence-electron chi connectivity index (χ4n) is 9.19. The average molecular weight is 1040 g/mol. The Morgan fingerprint density at radius 2 is 1.65 bits per heavy atom. The van der Waals surface area contributed by atoms with Crippen molar-refractivity contribution in [3.05, 3.63) is 98.8 Å². The van der Waals surface area contributed by atoms with Crippen molar-refractivity contribution in [2.24, 2.45) is 16.8 Å². The van der Waals surface area contributed by atoms with Gasteiger partial charge in [-0.05, 0) is 43.4 Å². The number of guanidine groups is 1. The fraction of sp³-hybridized carbons (Fsp3) is 0.400. The van der Waals surface area contributed by atoms with E-state index in [0.717, 1.165) is 0 Å². The molecule has 1 fully saturated rings. The van der Waals surface area contributed by atoms with Crippen LogP contribution in [0.4, 0.5) is 0 Å². The van der Waals surface area contributed by atoms with Gasteiger partial charge >= 0.3 is 11.9 Å². The first-order valence-electron chi connectivity index (χ1n) is 24.3. The maximum absolute atomic E-state index is 14.5. The molecule has 6 atom stereocenters. The lowest BCUT2D eigenvalue weighted by Crippen LogP contribution is -2.61. The van der Waals surface area contributed by atoms with Gasteiger partial charge in [-0.2, -0.15) is 0 Å². The Morgan fingerprint density at radius 1 is 0.933 bits per heavy atom. The van der Waals surface area contributed by atoms with E-state index in [4.69, 9.17) is 25.7 Å². The van der Waals surface area contributed by atoms with Crippen LogP contribution in [0.1, 0.15) is 73.8 Å². The number of hydrogen-bond donors (Lipinski definition) is 11. The Hall–Kier alpha value is -8.74. The van der Waals surface area contributed by atoms with Crippen LogP contribution in [0.15, 0.2) is 70.6 Å². The zero-order valence-electron chi connectivity index (χ0n) is 41.0. The first kappa shape index (κ1) is 54.0. The molecular weight excluding hydrogens is 977 g/mol. The lowest BCUT2D eigenvalue weighted by Gasteiger charge is -2.31. The number of amides is 6. The quantitative estimate of drug-likeness (QED) is 0.0168. The number of cyclic esters (lactones) is 1. The number of oxime groups is 1. The molecule has 75 heavy (non-hydrogen) atoms. The molecule has 0 bridgehead atoms. The van der Waals surface area contributed by atoms with Gasteiger partial charge in [0.15, 0.2) is 11.6 Å². The number of nitrogens with one attached hydrogen (secondary N) is 8. The molecule has 1 saturated heterocycles. The monoisotopic (exact) mass is 1030 g/mol. The molecular formula is C50H58N12O13. The normalized spacial score (nSPS) is 21.3. The Bertz CT molecular complexity index is 3000. The van der Waals surface area contributed by atoms with Gasteiger partial charge < -0.3 is 67.3 Å². The molecule has 5 unspecified atom stereocenters. The van der Waals surface area contributed by atoms with Gasteiger partial charge in [0.25, 0.3) is 5.56 Å². The number of carboxylic acids is 1. The molecule has 3 aliphatic heterocycles. The fourth-order valence-corrected chi connectivity index (χ4v) is 9.19. The van der Waals surface area contributed by atoms with Crippen LogP contribution in [0, 0.1) is 11.3 Å². The molecule has 4 aromatic rings. The van der Waals surface area contributed by atoms with Gasteiger partial charge in [0, 0.05) is 35.0 Å². The maximum atomic E-state index is 14.5. The average Bonchev–Trinajstić information content (AvgIpc) is 3.76. The zero-order valence-corrected chi connectivity index (χ0v) is 41.0. The largest absolute Gasteiger partial charge is 0.481 e. The summed E-state index contributed by atoms with van der Waals surface area (Å²) in [6.07, 6.45) is 0.409.